The number of nitrogens with one attached hydrogen (secondary N) is 2. The molecule has 2 N–H and O–H groups in total. The zero-order chi connectivity index (χ0) is 20.4. The van der Waals surface area contributed by atoms with Crippen molar-refractivity contribution in [3.8, 4) is 0 Å². The first-order valence-electron chi connectivity index (χ1n) is 8.83. The highest BCUT2D eigenvalue weighted by Crippen LogP contribution is 2.30. The van der Waals surface area contributed by atoms with E-state index in [-0.39, 0.29) is 41.6 Å². The SMILES string of the molecule is CC(=O)NCC1CN(c2ccc(C3=NNC(=O)C(C(C)C)S3)c(F)c2)C(=O)O1. The highest BCUT2D eigenvalue weighted by Gasteiger charge is 2.34. The van der Waals surface area contributed by atoms with Crippen molar-refractivity contribution in [3.05, 3.63) is 29.6 Å². The first-order chi connectivity index (χ1) is 13.3. The number of hydrogen-bond donors (Lipinski definition) is 2. The standard InChI is InChI=1S/C18H21FN4O4S/c1-9(2)15-16(25)21-22-17(28-15)13-5-4-11(6-14(13)19)23-8-12(27-18(23)26)7-20-10(3)24/h4-6,9,12,15H,7-8H2,1-3H3,(H,20,24)(H,21,25). The molecule has 1 aromatic carbocycles. The van der Waals surface area contributed by atoms with E-state index in [0.717, 1.165) is 0 Å². The minimum Gasteiger partial charge on any atom is -0.442 e. The van der Waals surface area contributed by atoms with Gasteiger partial charge in [-0.05, 0) is 24.1 Å². The van der Waals surface area contributed by atoms with E-state index in [2.05, 4.69) is 15.8 Å². The van der Waals surface area contributed by atoms with Crippen molar-refractivity contribution in [2.75, 3.05) is 18.0 Å². The number of rotatable bonds is 5. The molecule has 0 aromatic heterocycles. The molecule has 8 nitrogen and oxygen atoms in total. The van der Waals surface area contributed by atoms with Gasteiger partial charge in [-0.2, -0.15) is 5.10 Å². The largest absolute Gasteiger partial charge is 0.442 e. The molecule has 28 heavy (non-hydrogen) atoms. The Bertz CT molecular complexity index is 845. The molecule has 2 atom stereocenters. The summed E-state index contributed by atoms with van der Waals surface area (Å²) in [5.74, 6) is -0.911. The van der Waals surface area contributed by atoms with Gasteiger partial charge in [0.15, 0.2) is 0 Å². The number of thioether (sulfide) groups is 1. The van der Waals surface area contributed by atoms with Crippen molar-refractivity contribution in [1.29, 1.82) is 0 Å². The van der Waals surface area contributed by atoms with Gasteiger partial charge in [0.25, 0.3) is 5.91 Å². The second-order valence-corrected chi connectivity index (χ2v) is 8.02. The lowest BCUT2D eigenvalue weighted by Crippen LogP contribution is -2.38. The Morgan fingerprint density at radius 2 is 2.21 bits per heavy atom. The lowest BCUT2D eigenvalue weighted by Gasteiger charge is -2.24. The average Bonchev–Trinajstić information content (AvgIpc) is 3.01. The van der Waals surface area contributed by atoms with E-state index in [9.17, 15) is 18.8 Å². The van der Waals surface area contributed by atoms with Crippen LogP contribution in [0, 0.1) is 11.7 Å². The number of hydrogen-bond acceptors (Lipinski definition) is 6. The molecule has 3 amide bonds. The predicted molar refractivity (Wildman–Crippen MR) is 104 cm³/mol. The number of amides is 3. The summed E-state index contributed by atoms with van der Waals surface area (Å²) in [6.45, 7) is 5.61. The maximum absolute atomic E-state index is 14.7. The second-order valence-electron chi connectivity index (χ2n) is 6.89. The van der Waals surface area contributed by atoms with Crippen LogP contribution in [0.3, 0.4) is 0 Å². The third kappa shape index (κ3) is 4.27. The molecule has 0 saturated carbocycles. The molecule has 0 bridgehead atoms. The fourth-order valence-electron chi connectivity index (χ4n) is 2.87. The van der Waals surface area contributed by atoms with Gasteiger partial charge in [0.05, 0.1) is 24.0 Å². The monoisotopic (exact) mass is 408 g/mol. The summed E-state index contributed by atoms with van der Waals surface area (Å²) in [5, 5.41) is 6.59. The van der Waals surface area contributed by atoms with Gasteiger partial charge in [-0.15, -0.1) is 0 Å². The summed E-state index contributed by atoms with van der Waals surface area (Å²) in [5.41, 5.74) is 3.04. The fraction of sp³-hybridized carbons (Fsp3) is 0.444. The van der Waals surface area contributed by atoms with Crippen molar-refractivity contribution >= 4 is 40.4 Å². The molecule has 2 aliphatic rings. The molecule has 0 radical (unpaired) electrons. The second kappa shape index (κ2) is 8.17. The van der Waals surface area contributed by atoms with Crippen molar-refractivity contribution in [3.63, 3.8) is 0 Å². The van der Waals surface area contributed by atoms with Gasteiger partial charge in [0.1, 0.15) is 17.0 Å². The molecule has 2 aliphatic heterocycles. The zero-order valence-electron chi connectivity index (χ0n) is 15.7. The number of carbonyl (C=O) groups excluding carboxylic acids is 3. The smallest absolute Gasteiger partial charge is 0.414 e. The number of carbonyl (C=O) groups is 3. The summed E-state index contributed by atoms with van der Waals surface area (Å²) in [6, 6.07) is 4.37. The van der Waals surface area contributed by atoms with Crippen LogP contribution < -0.4 is 15.6 Å². The first-order valence-corrected chi connectivity index (χ1v) is 9.71. The average molecular weight is 408 g/mol. The Morgan fingerprint density at radius 3 is 2.86 bits per heavy atom. The van der Waals surface area contributed by atoms with E-state index in [0.29, 0.717) is 10.7 Å². The van der Waals surface area contributed by atoms with Crippen LogP contribution in [0.15, 0.2) is 23.3 Å². The molecule has 10 heteroatoms. The summed E-state index contributed by atoms with van der Waals surface area (Å²) < 4.78 is 19.9. The number of anilines is 1. The van der Waals surface area contributed by atoms with Crippen molar-refractivity contribution < 1.29 is 23.5 Å². The summed E-state index contributed by atoms with van der Waals surface area (Å²) in [6.07, 6.45) is -1.10. The highest BCUT2D eigenvalue weighted by molar-refractivity contribution is 8.15. The van der Waals surface area contributed by atoms with E-state index in [4.69, 9.17) is 4.74 Å². The van der Waals surface area contributed by atoms with Gasteiger partial charge in [0, 0.05) is 12.5 Å². The van der Waals surface area contributed by atoms with E-state index in [1.165, 1.54) is 35.7 Å². The maximum atomic E-state index is 14.7. The predicted octanol–water partition coefficient (Wildman–Crippen LogP) is 1.84. The number of ether oxygens (including phenoxy) is 1. The minimum atomic E-state index is -0.598. The molecular weight excluding hydrogens is 387 g/mol. The molecule has 1 saturated heterocycles. The van der Waals surface area contributed by atoms with Crippen LogP contribution in [-0.2, 0) is 14.3 Å². The van der Waals surface area contributed by atoms with Gasteiger partial charge in [-0.3, -0.25) is 14.5 Å². The van der Waals surface area contributed by atoms with Gasteiger partial charge < -0.3 is 10.1 Å². The molecule has 2 heterocycles. The van der Waals surface area contributed by atoms with Crippen LogP contribution in [0.5, 0.6) is 0 Å². The third-order valence-corrected chi connectivity index (χ3v) is 5.86. The number of nitrogens with zero attached hydrogens (tertiary/aromatic N) is 2. The number of cyclic esters (lactones) is 1. The normalized spacial score (nSPS) is 22.0. The summed E-state index contributed by atoms with van der Waals surface area (Å²) in [4.78, 5) is 36.3. The molecule has 150 valence electrons. The Balaban J connectivity index is 1.75. The van der Waals surface area contributed by atoms with E-state index in [1.54, 1.807) is 6.07 Å². The van der Waals surface area contributed by atoms with Crippen molar-refractivity contribution in [2.45, 2.75) is 32.1 Å². The van der Waals surface area contributed by atoms with Gasteiger partial charge in [-0.25, -0.2) is 14.6 Å². The van der Waals surface area contributed by atoms with Crippen LogP contribution >= 0.6 is 11.8 Å². The Labute approximate surface area is 165 Å². The quantitative estimate of drug-likeness (QED) is 0.774. The number of benzene rings is 1. The summed E-state index contributed by atoms with van der Waals surface area (Å²) >= 11 is 1.22. The van der Waals surface area contributed by atoms with E-state index in [1.807, 2.05) is 13.8 Å². The third-order valence-electron chi connectivity index (χ3n) is 4.32. The maximum Gasteiger partial charge on any atom is 0.414 e. The van der Waals surface area contributed by atoms with Gasteiger partial charge in [0.2, 0.25) is 5.91 Å². The Hall–Kier alpha value is -2.62. The zero-order valence-corrected chi connectivity index (χ0v) is 16.5. The molecule has 0 spiro atoms. The van der Waals surface area contributed by atoms with Crippen molar-refractivity contribution in [1.82, 2.24) is 10.7 Å². The molecule has 0 aliphatic carbocycles. The lowest BCUT2D eigenvalue weighted by molar-refractivity contribution is -0.121. The van der Waals surface area contributed by atoms with Gasteiger partial charge in [-0.1, -0.05) is 25.6 Å². The number of halogens is 1. The van der Waals surface area contributed by atoms with Crippen LogP contribution in [0.2, 0.25) is 0 Å². The summed E-state index contributed by atoms with van der Waals surface area (Å²) in [7, 11) is 0. The molecule has 1 fully saturated rings. The van der Waals surface area contributed by atoms with Crippen LogP contribution in [-0.4, -0.2) is 47.4 Å². The Kier molecular flexibility index (Phi) is 5.87. The first kappa shape index (κ1) is 20.1. The van der Waals surface area contributed by atoms with E-state index < -0.39 is 18.0 Å². The fourth-order valence-corrected chi connectivity index (χ4v) is 3.94. The topological polar surface area (TPSA) is 100 Å². The minimum absolute atomic E-state index is 0.0674. The molecule has 1 aromatic rings. The van der Waals surface area contributed by atoms with Crippen LogP contribution in [0.25, 0.3) is 0 Å². The van der Waals surface area contributed by atoms with Gasteiger partial charge >= 0.3 is 6.09 Å². The molecule has 3 rings (SSSR count). The van der Waals surface area contributed by atoms with Crippen LogP contribution in [0.1, 0.15) is 26.3 Å². The molecular formula is C18H21FN4O4S. The lowest BCUT2D eigenvalue weighted by atomic mass is 10.1. The molecule has 2 unspecified atom stereocenters. The Morgan fingerprint density at radius 1 is 1.46 bits per heavy atom. The van der Waals surface area contributed by atoms with E-state index >= 15 is 0 Å². The van der Waals surface area contributed by atoms with Crippen molar-refractivity contribution in [2.24, 2.45) is 11.0 Å². The van der Waals surface area contributed by atoms with Crippen LogP contribution in [0.4, 0.5) is 14.9 Å². The number of hydrazone groups is 1. The highest BCUT2D eigenvalue weighted by atomic mass is 32.2.